The quantitative estimate of drug-likeness (QED) is 0.767. The molecule has 1 atom stereocenters. The summed E-state index contributed by atoms with van der Waals surface area (Å²) in [5, 5.41) is 7.44. The summed E-state index contributed by atoms with van der Waals surface area (Å²) in [4.78, 5) is 8.55. The van der Waals surface area contributed by atoms with Gasteiger partial charge >= 0.3 is 0 Å². The van der Waals surface area contributed by atoms with Crippen molar-refractivity contribution in [3.63, 3.8) is 0 Å². The number of hydrogen-bond donors (Lipinski definition) is 2. The Morgan fingerprint density at radius 3 is 2.71 bits per heavy atom. The lowest BCUT2D eigenvalue weighted by Gasteiger charge is -2.14. The SMILES string of the molecule is Cc1nc(-c2c(N)nsc2NC(C)c2ccncc2)cs1. The lowest BCUT2D eigenvalue weighted by molar-refractivity contribution is 0.885. The molecule has 108 valence electrons. The lowest BCUT2D eigenvalue weighted by Crippen LogP contribution is -2.06. The highest BCUT2D eigenvalue weighted by molar-refractivity contribution is 7.11. The maximum atomic E-state index is 6.01. The highest BCUT2D eigenvalue weighted by Crippen LogP contribution is 2.38. The number of pyridine rings is 1. The number of nitrogens with one attached hydrogen (secondary N) is 1. The third-order valence-electron chi connectivity index (χ3n) is 3.15. The van der Waals surface area contributed by atoms with Gasteiger partial charge in [0.25, 0.3) is 0 Å². The molecule has 3 aromatic rings. The van der Waals surface area contributed by atoms with E-state index in [1.807, 2.05) is 24.4 Å². The second-order valence-electron chi connectivity index (χ2n) is 4.67. The van der Waals surface area contributed by atoms with E-state index in [1.54, 1.807) is 23.7 Å². The summed E-state index contributed by atoms with van der Waals surface area (Å²) >= 11 is 2.98. The number of aryl methyl sites for hydroxylation is 1. The normalized spacial score (nSPS) is 12.3. The summed E-state index contributed by atoms with van der Waals surface area (Å²) in [6.07, 6.45) is 3.58. The third kappa shape index (κ3) is 2.88. The standard InChI is InChI=1S/C14H15N5S2/c1-8(10-3-5-16-6-4-10)17-14-12(13(15)19-21-14)11-7-20-9(2)18-11/h3-8,17H,1-2H3,(H2,15,19). The Labute approximate surface area is 131 Å². The Balaban J connectivity index is 1.90. The number of aromatic nitrogens is 3. The second kappa shape index (κ2) is 5.79. The number of thiazole rings is 1. The van der Waals surface area contributed by atoms with Crippen LogP contribution in [0.2, 0.25) is 0 Å². The topological polar surface area (TPSA) is 76.7 Å². The summed E-state index contributed by atoms with van der Waals surface area (Å²) in [6, 6.07) is 4.13. The van der Waals surface area contributed by atoms with Gasteiger partial charge in [0.15, 0.2) is 0 Å². The molecule has 0 fully saturated rings. The van der Waals surface area contributed by atoms with Gasteiger partial charge in [-0.25, -0.2) is 4.98 Å². The highest BCUT2D eigenvalue weighted by Gasteiger charge is 2.18. The fourth-order valence-electron chi connectivity index (χ4n) is 2.06. The Morgan fingerprint density at radius 1 is 1.29 bits per heavy atom. The molecular formula is C14H15N5S2. The van der Waals surface area contributed by atoms with Crippen molar-refractivity contribution in [1.29, 1.82) is 0 Å². The second-order valence-corrected chi connectivity index (χ2v) is 6.51. The largest absolute Gasteiger partial charge is 0.382 e. The minimum absolute atomic E-state index is 0.145. The van der Waals surface area contributed by atoms with Gasteiger partial charge in [0.05, 0.1) is 16.3 Å². The first-order valence-electron chi connectivity index (χ1n) is 6.49. The van der Waals surface area contributed by atoms with Crippen molar-refractivity contribution < 1.29 is 0 Å². The smallest absolute Gasteiger partial charge is 0.148 e. The van der Waals surface area contributed by atoms with E-state index < -0.39 is 0 Å². The monoisotopic (exact) mass is 317 g/mol. The molecule has 0 bridgehead atoms. The molecule has 7 heteroatoms. The number of anilines is 2. The maximum absolute atomic E-state index is 6.01. The van der Waals surface area contributed by atoms with Gasteiger partial charge in [-0.1, -0.05) is 0 Å². The minimum Gasteiger partial charge on any atom is -0.382 e. The number of nitrogen functional groups attached to an aromatic ring is 1. The molecule has 0 saturated carbocycles. The predicted molar refractivity (Wildman–Crippen MR) is 88.6 cm³/mol. The fourth-order valence-corrected chi connectivity index (χ4v) is 3.47. The van der Waals surface area contributed by atoms with Crippen LogP contribution in [-0.4, -0.2) is 14.3 Å². The van der Waals surface area contributed by atoms with Gasteiger partial charge in [0.2, 0.25) is 0 Å². The van der Waals surface area contributed by atoms with Crippen LogP contribution in [-0.2, 0) is 0 Å². The molecule has 21 heavy (non-hydrogen) atoms. The van der Waals surface area contributed by atoms with Gasteiger partial charge in [0, 0.05) is 23.8 Å². The predicted octanol–water partition coefficient (Wildman–Crippen LogP) is 3.73. The Hall–Kier alpha value is -1.99. The molecule has 1 unspecified atom stereocenters. The van der Waals surface area contributed by atoms with Crippen molar-refractivity contribution in [2.45, 2.75) is 19.9 Å². The Morgan fingerprint density at radius 2 is 2.05 bits per heavy atom. The molecule has 3 rings (SSSR count). The molecule has 0 aromatic carbocycles. The molecular weight excluding hydrogens is 302 g/mol. The molecule has 0 aliphatic rings. The van der Waals surface area contributed by atoms with Gasteiger partial charge in [0.1, 0.15) is 10.8 Å². The lowest BCUT2D eigenvalue weighted by atomic mass is 10.1. The number of rotatable bonds is 4. The van der Waals surface area contributed by atoms with Crippen LogP contribution in [0.25, 0.3) is 11.3 Å². The summed E-state index contributed by atoms with van der Waals surface area (Å²) < 4.78 is 4.26. The average Bonchev–Trinajstić information content (AvgIpc) is 3.06. The van der Waals surface area contributed by atoms with Crippen LogP contribution in [0.5, 0.6) is 0 Å². The molecule has 0 aliphatic heterocycles. The zero-order valence-electron chi connectivity index (χ0n) is 11.7. The Bertz CT molecular complexity index is 735. The Kier molecular flexibility index (Phi) is 3.85. The third-order valence-corrected chi connectivity index (χ3v) is 4.71. The average molecular weight is 317 g/mol. The van der Waals surface area contributed by atoms with Gasteiger partial charge in [-0.05, 0) is 43.1 Å². The molecule has 0 amide bonds. The van der Waals surface area contributed by atoms with Crippen molar-refractivity contribution in [3.05, 3.63) is 40.5 Å². The van der Waals surface area contributed by atoms with Crippen molar-refractivity contribution in [2.75, 3.05) is 11.1 Å². The number of nitrogens with zero attached hydrogens (tertiary/aromatic N) is 3. The van der Waals surface area contributed by atoms with E-state index in [4.69, 9.17) is 5.73 Å². The number of nitrogens with two attached hydrogens (primary N) is 1. The fraction of sp³-hybridized carbons (Fsp3) is 0.214. The van der Waals surface area contributed by atoms with Crippen molar-refractivity contribution in [3.8, 4) is 11.3 Å². The van der Waals surface area contributed by atoms with Gasteiger partial charge < -0.3 is 11.1 Å². The van der Waals surface area contributed by atoms with E-state index in [-0.39, 0.29) is 6.04 Å². The van der Waals surface area contributed by atoms with E-state index >= 15 is 0 Å². The van der Waals surface area contributed by atoms with Crippen molar-refractivity contribution >= 4 is 33.7 Å². The molecule has 5 nitrogen and oxygen atoms in total. The molecule has 0 spiro atoms. The van der Waals surface area contributed by atoms with Crippen molar-refractivity contribution in [1.82, 2.24) is 14.3 Å². The number of hydrogen-bond acceptors (Lipinski definition) is 7. The molecule has 0 saturated heterocycles. The van der Waals surface area contributed by atoms with Crippen LogP contribution < -0.4 is 11.1 Å². The van der Waals surface area contributed by atoms with Crippen LogP contribution >= 0.6 is 22.9 Å². The van der Waals surface area contributed by atoms with Crippen LogP contribution in [0.4, 0.5) is 10.8 Å². The summed E-state index contributed by atoms with van der Waals surface area (Å²) in [6.45, 7) is 4.08. The molecule has 0 aliphatic carbocycles. The van der Waals surface area contributed by atoms with Crippen LogP contribution in [0.1, 0.15) is 23.5 Å². The van der Waals surface area contributed by atoms with Crippen LogP contribution in [0, 0.1) is 6.92 Å². The molecule has 0 radical (unpaired) electrons. The van der Waals surface area contributed by atoms with E-state index in [9.17, 15) is 0 Å². The van der Waals surface area contributed by atoms with Gasteiger partial charge in [-0.2, -0.15) is 4.37 Å². The van der Waals surface area contributed by atoms with Gasteiger partial charge in [-0.15, -0.1) is 11.3 Å². The summed E-state index contributed by atoms with van der Waals surface area (Å²) in [5.74, 6) is 0.523. The zero-order valence-corrected chi connectivity index (χ0v) is 13.3. The first kappa shape index (κ1) is 14.0. The van der Waals surface area contributed by atoms with E-state index in [0.717, 1.165) is 26.8 Å². The van der Waals surface area contributed by atoms with E-state index in [0.29, 0.717) is 5.82 Å². The van der Waals surface area contributed by atoms with Crippen LogP contribution in [0.3, 0.4) is 0 Å². The first-order chi connectivity index (χ1) is 10.1. The maximum Gasteiger partial charge on any atom is 0.148 e. The molecule has 3 N–H and O–H groups in total. The first-order valence-corrected chi connectivity index (χ1v) is 8.14. The van der Waals surface area contributed by atoms with Gasteiger partial charge in [-0.3, -0.25) is 4.98 Å². The summed E-state index contributed by atoms with van der Waals surface area (Å²) in [7, 11) is 0. The van der Waals surface area contributed by atoms with E-state index in [2.05, 4.69) is 26.6 Å². The van der Waals surface area contributed by atoms with Crippen molar-refractivity contribution in [2.24, 2.45) is 0 Å². The highest BCUT2D eigenvalue weighted by atomic mass is 32.1. The summed E-state index contributed by atoms with van der Waals surface area (Å²) in [5.41, 5.74) is 8.95. The molecule has 3 heterocycles. The van der Waals surface area contributed by atoms with Crippen LogP contribution in [0.15, 0.2) is 29.9 Å². The minimum atomic E-state index is 0.145. The van der Waals surface area contributed by atoms with E-state index in [1.165, 1.54) is 11.5 Å². The zero-order chi connectivity index (χ0) is 14.8. The molecule has 3 aromatic heterocycles.